The second-order valence-corrected chi connectivity index (χ2v) is 4.88. The van der Waals surface area contributed by atoms with Gasteiger partial charge in [-0.25, -0.2) is 0 Å². The minimum absolute atomic E-state index is 0.0410. The van der Waals surface area contributed by atoms with E-state index in [0.717, 1.165) is 5.79 Å². The molecule has 3 heteroatoms. The van der Waals surface area contributed by atoms with Crippen LogP contribution in [0.25, 0.3) is 0 Å². The summed E-state index contributed by atoms with van der Waals surface area (Å²) < 4.78 is 0. The van der Waals surface area contributed by atoms with Gasteiger partial charge in [0.1, 0.15) is 0 Å². The van der Waals surface area contributed by atoms with Crippen LogP contribution in [0.3, 0.4) is 0 Å². The molecule has 0 aromatic carbocycles. The van der Waals surface area contributed by atoms with E-state index in [1.165, 1.54) is 26.2 Å². The molecule has 0 atom stereocenters. The van der Waals surface area contributed by atoms with Crippen LogP contribution in [0.1, 0.15) is 27.7 Å². The summed E-state index contributed by atoms with van der Waals surface area (Å²) in [5.41, 5.74) is 0. The summed E-state index contributed by atoms with van der Waals surface area (Å²) in [4.78, 5) is 5.19. The molecule has 0 heterocycles. The van der Waals surface area contributed by atoms with E-state index in [9.17, 15) is 0 Å². The zero-order valence-corrected chi connectivity index (χ0v) is 11.4. The Balaban J connectivity index is 4.26. The van der Waals surface area contributed by atoms with E-state index in [0.29, 0.717) is 0 Å². The third-order valence-electron chi connectivity index (χ3n) is 2.83. The zero-order chi connectivity index (χ0) is 10.3. The third-order valence-corrected chi connectivity index (χ3v) is 4.60. The maximum atomic E-state index is 2.60. The topological polar surface area (TPSA) is 6.48 Å². The molecule has 0 radical (unpaired) electrons. The molecule has 2 nitrogen and oxygen atoms in total. The Morgan fingerprint density at radius 1 is 0.846 bits per heavy atom. The Labute approximate surface area is 86.1 Å². The summed E-state index contributed by atoms with van der Waals surface area (Å²) in [6.45, 7) is 16.3. The predicted molar refractivity (Wildman–Crippen MR) is 64.0 cm³/mol. The van der Waals surface area contributed by atoms with E-state index < -0.39 is 0 Å². The second-order valence-electron chi connectivity index (χ2n) is 3.33. The fourth-order valence-electron chi connectivity index (χ4n) is 2.04. The van der Waals surface area contributed by atoms with Crippen LogP contribution in [0.15, 0.2) is 0 Å². The van der Waals surface area contributed by atoms with Crippen molar-refractivity contribution < 1.29 is 0 Å². The van der Waals surface area contributed by atoms with Gasteiger partial charge in [0.15, 0.2) is 0 Å². The van der Waals surface area contributed by atoms with Crippen LogP contribution in [0, 0.1) is 0 Å². The maximum Gasteiger partial charge on any atom is 0.0561 e. The van der Waals surface area contributed by atoms with Gasteiger partial charge in [0.25, 0.3) is 0 Å². The van der Waals surface area contributed by atoms with E-state index >= 15 is 0 Å². The van der Waals surface area contributed by atoms with Crippen LogP contribution in [0.2, 0.25) is 6.55 Å². The van der Waals surface area contributed by atoms with E-state index in [1.807, 2.05) is 0 Å². The molecule has 0 aromatic rings. The highest BCUT2D eigenvalue weighted by Crippen LogP contribution is 2.04. The average molecular weight is 202 g/mol. The van der Waals surface area contributed by atoms with Gasteiger partial charge in [-0.3, -0.25) is 9.80 Å². The van der Waals surface area contributed by atoms with Crippen LogP contribution in [-0.4, -0.2) is 51.3 Å². The van der Waals surface area contributed by atoms with E-state index in [2.05, 4.69) is 44.0 Å². The first kappa shape index (κ1) is 13.1. The van der Waals surface area contributed by atoms with Gasteiger partial charge >= 0.3 is 0 Å². The van der Waals surface area contributed by atoms with Crippen LogP contribution in [0.4, 0.5) is 0 Å². The first-order chi connectivity index (χ1) is 6.24. The molecule has 0 fully saturated rings. The van der Waals surface area contributed by atoms with Crippen molar-refractivity contribution in [2.75, 3.05) is 26.2 Å². The molecule has 0 aliphatic carbocycles. The van der Waals surface area contributed by atoms with Crippen molar-refractivity contribution in [1.29, 1.82) is 0 Å². The van der Waals surface area contributed by atoms with Gasteiger partial charge in [-0.15, -0.1) is 0 Å². The summed E-state index contributed by atoms with van der Waals surface area (Å²) in [5, 5.41) is 0. The first-order valence-corrected chi connectivity index (χ1v) is 7.96. The third kappa shape index (κ3) is 3.79. The normalized spacial score (nSPS) is 12.9. The van der Waals surface area contributed by atoms with Crippen LogP contribution < -0.4 is 0 Å². The van der Waals surface area contributed by atoms with Gasteiger partial charge in [-0.1, -0.05) is 34.2 Å². The summed E-state index contributed by atoms with van der Waals surface area (Å²) >= 11 is 0. The van der Waals surface area contributed by atoms with Crippen molar-refractivity contribution in [1.82, 2.24) is 9.80 Å². The Bertz CT molecular complexity index is 99.5. The molecule has 0 spiro atoms. The highest BCUT2D eigenvalue weighted by molar-refractivity contribution is 6.35. The van der Waals surface area contributed by atoms with Crippen LogP contribution in [-0.2, 0) is 0 Å². The highest BCUT2D eigenvalue weighted by atomic mass is 28.2. The summed E-state index contributed by atoms with van der Waals surface area (Å²) in [5.74, 6) is 0.782. The molecule has 13 heavy (non-hydrogen) atoms. The maximum absolute atomic E-state index is 2.60. The highest BCUT2D eigenvalue weighted by Gasteiger charge is 2.18. The lowest BCUT2D eigenvalue weighted by atomic mass is 10.5. The number of rotatable bonds is 7. The van der Waals surface area contributed by atoms with Gasteiger partial charge in [-0.05, 0) is 26.2 Å². The molecule has 0 saturated carbocycles. The number of hydrogen-bond donors (Lipinski definition) is 0. The molecule has 0 aromatic heterocycles. The molecule has 0 saturated heterocycles. The molecule has 0 amide bonds. The minimum atomic E-state index is 0.0410. The SMILES string of the molecule is CCN(CC)C([SiH2]C)N(CC)CC. The van der Waals surface area contributed by atoms with Crippen molar-refractivity contribution in [2.45, 2.75) is 40.0 Å². The molecule has 0 rings (SSSR count). The van der Waals surface area contributed by atoms with Crippen molar-refractivity contribution in [2.24, 2.45) is 0 Å². The Morgan fingerprint density at radius 2 is 1.15 bits per heavy atom. The Morgan fingerprint density at radius 3 is 1.31 bits per heavy atom. The van der Waals surface area contributed by atoms with E-state index in [-0.39, 0.29) is 9.52 Å². The molecular formula is C10H26N2Si. The van der Waals surface area contributed by atoms with Gasteiger partial charge < -0.3 is 0 Å². The van der Waals surface area contributed by atoms with Crippen molar-refractivity contribution >= 4 is 9.52 Å². The van der Waals surface area contributed by atoms with Crippen LogP contribution >= 0.6 is 0 Å². The number of nitrogens with zero attached hydrogens (tertiary/aromatic N) is 2. The van der Waals surface area contributed by atoms with Gasteiger partial charge in [0.2, 0.25) is 0 Å². The van der Waals surface area contributed by atoms with Gasteiger partial charge in [0.05, 0.1) is 9.52 Å². The van der Waals surface area contributed by atoms with Crippen molar-refractivity contribution in [3.63, 3.8) is 0 Å². The Kier molecular flexibility index (Phi) is 7.61. The second kappa shape index (κ2) is 7.53. The lowest BCUT2D eigenvalue weighted by molar-refractivity contribution is 0.115. The number of hydrogen-bond acceptors (Lipinski definition) is 2. The quantitative estimate of drug-likeness (QED) is 0.452. The monoisotopic (exact) mass is 202 g/mol. The summed E-state index contributed by atoms with van der Waals surface area (Å²) in [6, 6.07) is 0. The summed E-state index contributed by atoms with van der Waals surface area (Å²) in [6.07, 6.45) is 0. The molecule has 0 bridgehead atoms. The summed E-state index contributed by atoms with van der Waals surface area (Å²) in [7, 11) is 0.0410. The molecular weight excluding hydrogens is 176 g/mol. The smallest absolute Gasteiger partial charge is 0.0561 e. The average Bonchev–Trinajstić information content (AvgIpc) is 2.18. The minimum Gasteiger partial charge on any atom is -0.292 e. The predicted octanol–water partition coefficient (Wildman–Crippen LogP) is 1.17. The Hall–Kier alpha value is 0.137. The zero-order valence-electron chi connectivity index (χ0n) is 10.0. The standard InChI is InChI=1S/C10H26N2Si/c1-6-11(7-2)10(13-5)12(8-3)9-4/h10H,6-9,13H2,1-5H3. The van der Waals surface area contributed by atoms with E-state index in [4.69, 9.17) is 0 Å². The van der Waals surface area contributed by atoms with Crippen molar-refractivity contribution in [3.8, 4) is 0 Å². The van der Waals surface area contributed by atoms with Gasteiger partial charge in [-0.2, -0.15) is 0 Å². The van der Waals surface area contributed by atoms with E-state index in [1.54, 1.807) is 0 Å². The van der Waals surface area contributed by atoms with Crippen molar-refractivity contribution in [3.05, 3.63) is 0 Å². The molecule has 80 valence electrons. The largest absolute Gasteiger partial charge is 0.292 e. The lowest BCUT2D eigenvalue weighted by Gasteiger charge is -2.37. The molecule has 0 aliphatic heterocycles. The van der Waals surface area contributed by atoms with Crippen LogP contribution in [0.5, 0.6) is 0 Å². The lowest BCUT2D eigenvalue weighted by Crippen LogP contribution is -2.51. The van der Waals surface area contributed by atoms with Gasteiger partial charge in [0, 0.05) is 5.79 Å². The molecule has 0 aliphatic rings. The molecule has 0 unspecified atom stereocenters. The fourth-order valence-corrected chi connectivity index (χ4v) is 4.10. The fraction of sp³-hybridized carbons (Fsp3) is 1.00. The first-order valence-electron chi connectivity index (χ1n) is 5.73. The molecule has 0 N–H and O–H groups in total.